The lowest BCUT2D eigenvalue weighted by molar-refractivity contribution is -0.146. The van der Waals surface area contributed by atoms with Crippen LogP contribution >= 0.6 is 0 Å². The molecule has 7 heteroatoms. The minimum absolute atomic E-state index is 0.0317. The second kappa shape index (κ2) is 8.57. The molecule has 37 heavy (non-hydrogen) atoms. The van der Waals surface area contributed by atoms with Gasteiger partial charge in [-0.2, -0.15) is 0 Å². The third-order valence-corrected chi connectivity index (χ3v) is 9.11. The molecule has 2 fully saturated rings. The summed E-state index contributed by atoms with van der Waals surface area (Å²) in [5.41, 5.74) is 1.85. The van der Waals surface area contributed by atoms with Crippen molar-refractivity contribution in [2.45, 2.75) is 82.6 Å². The van der Waals surface area contributed by atoms with E-state index < -0.39 is 17.1 Å². The SMILES string of the molecule is C/C(C(=O)NC(C)C)=C(/c1ccccn1)[C@@H]1Oc2c(O)ccc3c2[C@@]12CCN(CC1CC1)[C@H](C3)[C@@]2(C)O. The van der Waals surface area contributed by atoms with Crippen molar-refractivity contribution < 1.29 is 19.7 Å². The lowest BCUT2D eigenvalue weighted by Gasteiger charge is -2.60. The number of fused-ring (bicyclic) bond motifs is 1. The molecule has 2 aromatic rings. The van der Waals surface area contributed by atoms with Crippen LogP contribution in [0.25, 0.3) is 5.57 Å². The molecule has 1 saturated carbocycles. The number of aromatic hydroxyl groups is 1. The summed E-state index contributed by atoms with van der Waals surface area (Å²) >= 11 is 0. The summed E-state index contributed by atoms with van der Waals surface area (Å²) in [7, 11) is 0. The molecule has 196 valence electrons. The number of pyridine rings is 1. The number of rotatable bonds is 6. The molecule has 1 spiro atoms. The molecule has 1 saturated heterocycles. The van der Waals surface area contributed by atoms with Gasteiger partial charge in [-0.25, -0.2) is 0 Å². The van der Waals surface area contributed by atoms with Crippen LogP contribution in [0.5, 0.6) is 11.5 Å². The van der Waals surface area contributed by atoms with E-state index in [4.69, 9.17) is 4.74 Å². The number of carbonyl (C=O) groups is 1. The first-order chi connectivity index (χ1) is 17.6. The quantitative estimate of drug-likeness (QED) is 0.522. The molecular weight excluding hydrogens is 466 g/mol. The number of nitrogens with zero attached hydrogens (tertiary/aromatic N) is 2. The molecule has 1 aromatic carbocycles. The number of piperidine rings is 1. The Morgan fingerprint density at radius 3 is 2.73 bits per heavy atom. The molecule has 2 aliphatic heterocycles. The van der Waals surface area contributed by atoms with Crippen molar-refractivity contribution in [3.8, 4) is 11.5 Å². The predicted octanol–water partition coefficient (Wildman–Crippen LogP) is 3.58. The topological polar surface area (TPSA) is 94.9 Å². The summed E-state index contributed by atoms with van der Waals surface area (Å²) < 4.78 is 6.69. The number of likely N-dealkylation sites (tertiary alicyclic amines) is 1. The van der Waals surface area contributed by atoms with Crippen molar-refractivity contribution in [1.82, 2.24) is 15.2 Å². The number of aromatic nitrogens is 1. The van der Waals surface area contributed by atoms with Crippen LogP contribution < -0.4 is 10.1 Å². The number of phenols is 1. The van der Waals surface area contributed by atoms with Crippen LogP contribution in [0.15, 0.2) is 42.1 Å². The first kappa shape index (κ1) is 24.4. The van der Waals surface area contributed by atoms with Gasteiger partial charge in [-0.1, -0.05) is 12.1 Å². The Bertz CT molecular complexity index is 1270. The zero-order valence-electron chi connectivity index (χ0n) is 22.1. The molecule has 6 rings (SSSR count). The van der Waals surface area contributed by atoms with Gasteiger partial charge in [0.15, 0.2) is 11.5 Å². The summed E-state index contributed by atoms with van der Waals surface area (Å²) in [4.78, 5) is 20.5. The highest BCUT2D eigenvalue weighted by Crippen LogP contribution is 2.64. The number of hydrogen-bond acceptors (Lipinski definition) is 6. The average Bonchev–Trinajstić information content (AvgIpc) is 3.60. The normalized spacial score (nSPS) is 31.0. The highest BCUT2D eigenvalue weighted by molar-refractivity contribution is 6.01. The fourth-order valence-electron chi connectivity index (χ4n) is 7.13. The van der Waals surface area contributed by atoms with Crippen molar-refractivity contribution in [2.75, 3.05) is 13.1 Å². The number of aliphatic hydroxyl groups is 1. The zero-order chi connectivity index (χ0) is 26.1. The molecule has 7 nitrogen and oxygen atoms in total. The average molecular weight is 504 g/mol. The number of hydrogen-bond donors (Lipinski definition) is 3. The molecule has 2 bridgehead atoms. The monoisotopic (exact) mass is 503 g/mol. The van der Waals surface area contributed by atoms with Crippen molar-refractivity contribution in [1.29, 1.82) is 0 Å². The standard InChI is InChI=1S/C30H37N3O4/c1-17(2)32-28(35)18(3)24(21-7-5-6-13-31-21)27-30-12-14-33(16-19-8-9-19)23(29(30,4)36)15-20-10-11-22(34)26(37-27)25(20)30/h5-7,10-11,13,17,19,23,27,34,36H,8-9,12,14-16H2,1-4H3,(H,32,35)/b24-18+/t23-,27+,29-,30+/m1/s1. The molecular formula is C30H37N3O4. The van der Waals surface area contributed by atoms with Crippen LogP contribution in [0, 0.1) is 5.92 Å². The van der Waals surface area contributed by atoms with Crippen molar-refractivity contribution in [2.24, 2.45) is 5.92 Å². The summed E-state index contributed by atoms with van der Waals surface area (Å²) in [6.07, 6.45) is 4.91. The van der Waals surface area contributed by atoms with E-state index in [2.05, 4.69) is 15.2 Å². The van der Waals surface area contributed by atoms with Crippen LogP contribution in [0.4, 0.5) is 0 Å². The Kier molecular flexibility index (Phi) is 5.66. The Morgan fingerprint density at radius 2 is 2.05 bits per heavy atom. The summed E-state index contributed by atoms with van der Waals surface area (Å²) in [5, 5.41) is 26.5. The van der Waals surface area contributed by atoms with Gasteiger partial charge in [0.05, 0.1) is 16.7 Å². The number of ether oxygens (including phenoxy) is 1. The number of nitrogens with one attached hydrogen (secondary N) is 1. The minimum Gasteiger partial charge on any atom is -0.504 e. The maximum Gasteiger partial charge on any atom is 0.247 e. The maximum absolute atomic E-state index is 13.4. The van der Waals surface area contributed by atoms with Crippen LogP contribution in [-0.2, 0) is 16.6 Å². The third-order valence-electron chi connectivity index (χ3n) is 9.11. The number of benzene rings is 1. The zero-order valence-corrected chi connectivity index (χ0v) is 22.1. The lowest BCUT2D eigenvalue weighted by atomic mass is 9.52. The highest BCUT2D eigenvalue weighted by Gasteiger charge is 2.69. The van der Waals surface area contributed by atoms with Crippen molar-refractivity contribution >= 4 is 11.5 Å². The van der Waals surface area contributed by atoms with Crippen LogP contribution in [0.3, 0.4) is 0 Å². The van der Waals surface area contributed by atoms with Gasteiger partial charge in [0.25, 0.3) is 0 Å². The van der Waals surface area contributed by atoms with Crippen molar-refractivity contribution in [3.63, 3.8) is 0 Å². The molecule has 3 heterocycles. The van der Waals surface area contributed by atoms with Gasteiger partial charge < -0.3 is 20.3 Å². The van der Waals surface area contributed by atoms with E-state index >= 15 is 0 Å². The fourth-order valence-corrected chi connectivity index (χ4v) is 7.13. The van der Waals surface area contributed by atoms with Gasteiger partial charge >= 0.3 is 0 Å². The fraction of sp³-hybridized carbons (Fsp3) is 0.533. The molecule has 4 atom stereocenters. The van der Waals surface area contributed by atoms with E-state index in [0.717, 1.165) is 24.2 Å². The van der Waals surface area contributed by atoms with Crippen molar-refractivity contribution in [3.05, 3.63) is 58.9 Å². The number of phenolic OH excluding ortho intramolecular Hbond substituents is 1. The van der Waals surface area contributed by atoms with Gasteiger partial charge in [0.1, 0.15) is 6.10 Å². The molecule has 1 amide bonds. The molecule has 2 aliphatic carbocycles. The van der Waals surface area contributed by atoms with Crippen LogP contribution in [0.2, 0.25) is 0 Å². The van der Waals surface area contributed by atoms with Gasteiger partial charge in [0.2, 0.25) is 5.91 Å². The molecule has 1 aromatic heterocycles. The van der Waals surface area contributed by atoms with E-state index in [9.17, 15) is 15.0 Å². The van der Waals surface area contributed by atoms with E-state index in [1.54, 1.807) is 12.3 Å². The third kappa shape index (κ3) is 3.62. The summed E-state index contributed by atoms with van der Waals surface area (Å²) in [5.74, 6) is 1.03. The molecule has 4 aliphatic rings. The first-order valence-electron chi connectivity index (χ1n) is 13.6. The smallest absolute Gasteiger partial charge is 0.247 e. The van der Waals surface area contributed by atoms with E-state index in [1.807, 2.05) is 52.0 Å². The van der Waals surface area contributed by atoms with Gasteiger partial charge in [0, 0.05) is 41.5 Å². The van der Waals surface area contributed by atoms with E-state index in [0.29, 0.717) is 41.3 Å². The lowest BCUT2D eigenvalue weighted by Crippen LogP contribution is -2.73. The Morgan fingerprint density at radius 1 is 1.27 bits per heavy atom. The Hall–Kier alpha value is -2.90. The second-order valence-corrected chi connectivity index (χ2v) is 11.9. The molecule has 3 N–H and O–H groups in total. The first-order valence-corrected chi connectivity index (χ1v) is 13.6. The summed E-state index contributed by atoms with van der Waals surface area (Å²) in [6.45, 7) is 9.45. The largest absolute Gasteiger partial charge is 0.504 e. The predicted molar refractivity (Wildman–Crippen MR) is 141 cm³/mol. The van der Waals surface area contributed by atoms with E-state index in [1.165, 1.54) is 12.8 Å². The number of amides is 1. The molecule has 0 radical (unpaired) electrons. The van der Waals surface area contributed by atoms with Gasteiger partial charge in [-0.05, 0) is 89.6 Å². The highest BCUT2D eigenvalue weighted by atomic mass is 16.5. The Labute approximate surface area is 218 Å². The summed E-state index contributed by atoms with van der Waals surface area (Å²) in [6, 6.07) is 9.22. The van der Waals surface area contributed by atoms with E-state index in [-0.39, 0.29) is 23.7 Å². The maximum atomic E-state index is 13.4. The van der Waals surface area contributed by atoms with Crippen LogP contribution in [-0.4, -0.2) is 62.9 Å². The van der Waals surface area contributed by atoms with Crippen LogP contribution in [0.1, 0.15) is 63.8 Å². The Balaban J connectivity index is 1.56. The molecule has 0 unspecified atom stereocenters. The number of carbonyl (C=O) groups excluding carboxylic acids is 1. The van der Waals surface area contributed by atoms with Gasteiger partial charge in [-0.15, -0.1) is 0 Å². The minimum atomic E-state index is -1.15. The van der Waals surface area contributed by atoms with Gasteiger partial charge in [-0.3, -0.25) is 14.7 Å². The second-order valence-electron chi connectivity index (χ2n) is 11.9.